The number of hydrogen-bond donors (Lipinski definition) is 2. The van der Waals surface area contributed by atoms with Crippen LogP contribution >= 0.6 is 15.9 Å². The summed E-state index contributed by atoms with van der Waals surface area (Å²) in [5, 5.41) is 5.90. The Labute approximate surface area is 113 Å². The molecular weight excluding hydrogens is 303 g/mol. The SMILES string of the molecule is O=C(NCC1CNCCO1)c1ccc(Br)c(F)c1. The summed E-state index contributed by atoms with van der Waals surface area (Å²) in [6.07, 6.45) is -0.0250. The molecule has 1 saturated heterocycles. The van der Waals surface area contributed by atoms with E-state index in [4.69, 9.17) is 4.74 Å². The monoisotopic (exact) mass is 316 g/mol. The third-order valence-corrected chi connectivity index (χ3v) is 3.32. The van der Waals surface area contributed by atoms with Crippen molar-refractivity contribution in [2.45, 2.75) is 6.10 Å². The third kappa shape index (κ3) is 3.51. The van der Waals surface area contributed by atoms with Gasteiger partial charge >= 0.3 is 0 Å². The molecule has 1 unspecified atom stereocenters. The Hall–Kier alpha value is -0.980. The zero-order chi connectivity index (χ0) is 13.0. The Morgan fingerprint density at radius 3 is 3.11 bits per heavy atom. The van der Waals surface area contributed by atoms with Gasteiger partial charge in [0.05, 0.1) is 17.2 Å². The van der Waals surface area contributed by atoms with Gasteiger partial charge in [-0.25, -0.2) is 4.39 Å². The van der Waals surface area contributed by atoms with Crippen LogP contribution in [-0.4, -0.2) is 38.3 Å². The molecule has 1 atom stereocenters. The molecule has 98 valence electrons. The number of hydrogen-bond acceptors (Lipinski definition) is 3. The average Bonchev–Trinajstić information content (AvgIpc) is 2.40. The van der Waals surface area contributed by atoms with Crippen LogP contribution in [0.15, 0.2) is 22.7 Å². The Morgan fingerprint density at radius 2 is 2.44 bits per heavy atom. The topological polar surface area (TPSA) is 50.4 Å². The predicted octanol–water partition coefficient (Wildman–Crippen LogP) is 1.31. The second-order valence-corrected chi connectivity index (χ2v) is 4.89. The molecule has 1 aromatic rings. The van der Waals surface area contributed by atoms with Crippen LogP contribution in [0.4, 0.5) is 4.39 Å². The minimum atomic E-state index is -0.446. The van der Waals surface area contributed by atoms with Crippen molar-refractivity contribution in [3.8, 4) is 0 Å². The molecule has 0 aliphatic carbocycles. The first kappa shape index (κ1) is 13.5. The number of rotatable bonds is 3. The van der Waals surface area contributed by atoms with Crippen molar-refractivity contribution in [2.75, 3.05) is 26.2 Å². The maximum atomic E-state index is 13.3. The van der Waals surface area contributed by atoms with Crippen LogP contribution in [0.25, 0.3) is 0 Å². The van der Waals surface area contributed by atoms with Gasteiger partial charge < -0.3 is 15.4 Å². The molecule has 0 saturated carbocycles. The summed E-state index contributed by atoms with van der Waals surface area (Å²) in [5.41, 5.74) is 0.305. The van der Waals surface area contributed by atoms with Gasteiger partial charge in [-0.05, 0) is 34.1 Å². The number of morpholine rings is 1. The van der Waals surface area contributed by atoms with E-state index in [1.165, 1.54) is 12.1 Å². The van der Waals surface area contributed by atoms with Gasteiger partial charge in [-0.1, -0.05) is 0 Å². The summed E-state index contributed by atoms with van der Waals surface area (Å²) in [6.45, 7) is 2.62. The van der Waals surface area contributed by atoms with E-state index in [0.717, 1.165) is 13.1 Å². The minimum absolute atomic E-state index is 0.0250. The molecule has 18 heavy (non-hydrogen) atoms. The van der Waals surface area contributed by atoms with E-state index in [9.17, 15) is 9.18 Å². The summed E-state index contributed by atoms with van der Waals surface area (Å²) in [4.78, 5) is 11.8. The normalized spacial score (nSPS) is 19.6. The molecule has 1 amide bonds. The van der Waals surface area contributed by atoms with Gasteiger partial charge in [-0.2, -0.15) is 0 Å². The van der Waals surface area contributed by atoms with Gasteiger partial charge in [0, 0.05) is 25.2 Å². The van der Waals surface area contributed by atoms with E-state index in [1.807, 2.05) is 0 Å². The highest BCUT2D eigenvalue weighted by molar-refractivity contribution is 9.10. The number of amides is 1. The zero-order valence-corrected chi connectivity index (χ0v) is 11.3. The number of ether oxygens (including phenoxy) is 1. The van der Waals surface area contributed by atoms with Crippen LogP contribution in [0.2, 0.25) is 0 Å². The summed E-state index contributed by atoms with van der Waals surface area (Å²) in [5.74, 6) is -0.742. The Balaban J connectivity index is 1.88. The van der Waals surface area contributed by atoms with Crippen LogP contribution in [0.5, 0.6) is 0 Å². The van der Waals surface area contributed by atoms with E-state index < -0.39 is 5.82 Å². The fourth-order valence-electron chi connectivity index (χ4n) is 1.70. The van der Waals surface area contributed by atoms with Gasteiger partial charge in [0.1, 0.15) is 5.82 Å². The standard InChI is InChI=1S/C12H14BrFN2O2/c13-10-2-1-8(5-11(10)14)12(17)16-7-9-6-15-3-4-18-9/h1-2,5,9,15H,3-4,6-7H2,(H,16,17). The number of benzene rings is 1. The largest absolute Gasteiger partial charge is 0.374 e. The van der Waals surface area contributed by atoms with Gasteiger partial charge in [0.25, 0.3) is 5.91 Å². The molecule has 1 heterocycles. The minimum Gasteiger partial charge on any atom is -0.374 e. The molecule has 6 heteroatoms. The molecule has 1 fully saturated rings. The maximum Gasteiger partial charge on any atom is 0.251 e. The highest BCUT2D eigenvalue weighted by atomic mass is 79.9. The molecule has 0 radical (unpaired) electrons. The van der Waals surface area contributed by atoms with Crippen molar-refractivity contribution in [1.29, 1.82) is 0 Å². The third-order valence-electron chi connectivity index (χ3n) is 2.68. The molecule has 1 aromatic carbocycles. The van der Waals surface area contributed by atoms with Gasteiger partial charge in [-0.15, -0.1) is 0 Å². The van der Waals surface area contributed by atoms with E-state index in [1.54, 1.807) is 6.07 Å². The molecule has 1 aliphatic rings. The predicted molar refractivity (Wildman–Crippen MR) is 69.0 cm³/mol. The van der Waals surface area contributed by atoms with Crippen molar-refractivity contribution < 1.29 is 13.9 Å². The lowest BCUT2D eigenvalue weighted by molar-refractivity contribution is 0.0287. The molecular formula is C12H14BrFN2O2. The summed E-state index contributed by atoms with van der Waals surface area (Å²) < 4.78 is 19.1. The van der Waals surface area contributed by atoms with Crippen LogP contribution in [0.3, 0.4) is 0 Å². The van der Waals surface area contributed by atoms with E-state index in [-0.39, 0.29) is 12.0 Å². The van der Waals surface area contributed by atoms with Gasteiger partial charge in [0.2, 0.25) is 0 Å². The molecule has 2 N–H and O–H groups in total. The van der Waals surface area contributed by atoms with E-state index in [2.05, 4.69) is 26.6 Å². The first-order chi connectivity index (χ1) is 8.66. The highest BCUT2D eigenvalue weighted by Gasteiger charge is 2.15. The van der Waals surface area contributed by atoms with E-state index >= 15 is 0 Å². The number of carbonyl (C=O) groups excluding carboxylic acids is 1. The summed E-state index contributed by atoms with van der Waals surface area (Å²) >= 11 is 3.05. The van der Waals surface area contributed by atoms with Crippen LogP contribution < -0.4 is 10.6 Å². The smallest absolute Gasteiger partial charge is 0.251 e. The number of nitrogens with one attached hydrogen (secondary N) is 2. The van der Waals surface area contributed by atoms with Gasteiger partial charge in [-0.3, -0.25) is 4.79 Å². The van der Waals surface area contributed by atoms with Crippen molar-refractivity contribution in [2.24, 2.45) is 0 Å². The van der Waals surface area contributed by atoms with Crippen LogP contribution in [0, 0.1) is 5.82 Å². The zero-order valence-electron chi connectivity index (χ0n) is 9.71. The fourth-order valence-corrected chi connectivity index (χ4v) is 1.94. The molecule has 0 bridgehead atoms. The Kier molecular flexibility index (Phi) is 4.68. The van der Waals surface area contributed by atoms with Crippen LogP contribution in [-0.2, 0) is 4.74 Å². The quantitative estimate of drug-likeness (QED) is 0.884. The van der Waals surface area contributed by atoms with Crippen molar-refractivity contribution >= 4 is 21.8 Å². The van der Waals surface area contributed by atoms with Crippen molar-refractivity contribution in [3.05, 3.63) is 34.1 Å². The number of carbonyl (C=O) groups is 1. The lowest BCUT2D eigenvalue weighted by atomic mass is 10.2. The Morgan fingerprint density at radius 1 is 1.61 bits per heavy atom. The molecule has 2 rings (SSSR count). The second-order valence-electron chi connectivity index (χ2n) is 4.04. The number of halogens is 2. The molecule has 4 nitrogen and oxygen atoms in total. The summed E-state index contributed by atoms with van der Waals surface area (Å²) in [6, 6.07) is 4.30. The van der Waals surface area contributed by atoms with Crippen LogP contribution in [0.1, 0.15) is 10.4 Å². The lowest BCUT2D eigenvalue weighted by Crippen LogP contribution is -2.45. The second kappa shape index (κ2) is 6.26. The highest BCUT2D eigenvalue weighted by Crippen LogP contribution is 2.16. The average molecular weight is 317 g/mol. The molecule has 0 aromatic heterocycles. The van der Waals surface area contributed by atoms with Crippen molar-refractivity contribution in [3.63, 3.8) is 0 Å². The Bertz CT molecular complexity index is 436. The summed E-state index contributed by atoms with van der Waals surface area (Å²) in [7, 11) is 0. The first-order valence-corrected chi connectivity index (χ1v) is 6.51. The first-order valence-electron chi connectivity index (χ1n) is 5.72. The van der Waals surface area contributed by atoms with E-state index in [0.29, 0.717) is 23.2 Å². The lowest BCUT2D eigenvalue weighted by Gasteiger charge is -2.23. The molecule has 1 aliphatic heterocycles. The maximum absolute atomic E-state index is 13.3. The van der Waals surface area contributed by atoms with Crippen molar-refractivity contribution in [1.82, 2.24) is 10.6 Å². The van der Waals surface area contributed by atoms with Gasteiger partial charge in [0.15, 0.2) is 0 Å². The molecule has 0 spiro atoms. The fraction of sp³-hybridized carbons (Fsp3) is 0.417.